The van der Waals surface area contributed by atoms with Gasteiger partial charge in [0.15, 0.2) is 0 Å². The number of morpholine rings is 1. The molecule has 0 radical (unpaired) electrons. The third-order valence-corrected chi connectivity index (χ3v) is 4.95. The van der Waals surface area contributed by atoms with E-state index in [1.807, 2.05) is 6.92 Å². The second-order valence-electron chi connectivity index (χ2n) is 6.83. The van der Waals surface area contributed by atoms with E-state index in [9.17, 15) is 14.7 Å². The standard InChI is InChI=1S/C20H26N2O5/c1-14-16-4-3-15(23)13-18(16)27-20(25)17(14)5-6-19(24)21-7-2-8-22-9-11-26-12-10-22/h3-4,13,23H,2,5-12H2,1H3,(H,21,24). The van der Waals surface area contributed by atoms with Gasteiger partial charge in [-0.25, -0.2) is 4.79 Å². The Hall–Kier alpha value is -2.38. The maximum Gasteiger partial charge on any atom is 0.339 e. The number of ether oxygens (including phenoxy) is 1. The van der Waals surface area contributed by atoms with E-state index in [1.54, 1.807) is 12.1 Å². The third-order valence-electron chi connectivity index (χ3n) is 4.95. The number of nitrogens with zero attached hydrogens (tertiary/aromatic N) is 1. The van der Waals surface area contributed by atoms with Crippen LogP contribution in [0.4, 0.5) is 0 Å². The van der Waals surface area contributed by atoms with E-state index in [2.05, 4.69) is 10.2 Å². The number of benzene rings is 1. The SMILES string of the molecule is Cc1c(CCC(=O)NCCCN2CCOCC2)c(=O)oc2cc(O)ccc12. The monoisotopic (exact) mass is 374 g/mol. The van der Waals surface area contributed by atoms with E-state index in [0.717, 1.165) is 50.2 Å². The second-order valence-corrected chi connectivity index (χ2v) is 6.83. The first-order valence-electron chi connectivity index (χ1n) is 9.36. The Labute approximate surface area is 157 Å². The van der Waals surface area contributed by atoms with Gasteiger partial charge in [-0.05, 0) is 44.0 Å². The molecule has 27 heavy (non-hydrogen) atoms. The summed E-state index contributed by atoms with van der Waals surface area (Å²) < 4.78 is 10.6. The molecule has 1 fully saturated rings. The Morgan fingerprint density at radius 3 is 2.85 bits per heavy atom. The van der Waals surface area contributed by atoms with E-state index in [1.165, 1.54) is 6.07 Å². The van der Waals surface area contributed by atoms with Gasteiger partial charge in [-0.3, -0.25) is 9.69 Å². The second kappa shape index (κ2) is 9.01. The minimum atomic E-state index is -0.453. The van der Waals surface area contributed by atoms with Crippen LogP contribution in [0, 0.1) is 6.92 Å². The normalized spacial score (nSPS) is 15.1. The van der Waals surface area contributed by atoms with E-state index < -0.39 is 5.63 Å². The Kier molecular flexibility index (Phi) is 6.47. The maximum absolute atomic E-state index is 12.2. The lowest BCUT2D eigenvalue weighted by Crippen LogP contribution is -2.38. The summed E-state index contributed by atoms with van der Waals surface area (Å²) in [5, 5.41) is 13.2. The van der Waals surface area contributed by atoms with Gasteiger partial charge in [0.05, 0.1) is 13.2 Å². The molecule has 1 aromatic heterocycles. The van der Waals surface area contributed by atoms with Crippen molar-refractivity contribution in [2.75, 3.05) is 39.4 Å². The predicted molar refractivity (Wildman–Crippen MR) is 102 cm³/mol. The highest BCUT2D eigenvalue weighted by molar-refractivity contribution is 5.82. The molecule has 1 aliphatic rings. The zero-order valence-corrected chi connectivity index (χ0v) is 15.6. The van der Waals surface area contributed by atoms with Crippen LogP contribution < -0.4 is 10.9 Å². The van der Waals surface area contributed by atoms with Crippen LogP contribution in [0.1, 0.15) is 24.0 Å². The fourth-order valence-corrected chi connectivity index (χ4v) is 3.35. The molecule has 1 aromatic carbocycles. The van der Waals surface area contributed by atoms with Crippen LogP contribution >= 0.6 is 0 Å². The smallest absolute Gasteiger partial charge is 0.339 e. The average Bonchev–Trinajstić information content (AvgIpc) is 2.65. The summed E-state index contributed by atoms with van der Waals surface area (Å²) in [5.41, 5.74) is 1.21. The quantitative estimate of drug-likeness (QED) is 0.565. The first-order valence-corrected chi connectivity index (χ1v) is 9.36. The summed E-state index contributed by atoms with van der Waals surface area (Å²) in [4.78, 5) is 26.6. The van der Waals surface area contributed by atoms with E-state index in [0.29, 0.717) is 24.1 Å². The maximum atomic E-state index is 12.2. The number of phenols is 1. The lowest BCUT2D eigenvalue weighted by molar-refractivity contribution is -0.121. The van der Waals surface area contributed by atoms with Crippen molar-refractivity contribution in [1.82, 2.24) is 10.2 Å². The molecule has 0 spiro atoms. The van der Waals surface area contributed by atoms with Gasteiger partial charge in [0.1, 0.15) is 11.3 Å². The molecule has 1 amide bonds. The number of nitrogens with one attached hydrogen (secondary N) is 1. The molecule has 0 saturated carbocycles. The van der Waals surface area contributed by atoms with Gasteiger partial charge < -0.3 is 19.6 Å². The molecule has 7 nitrogen and oxygen atoms in total. The Morgan fingerprint density at radius 2 is 2.07 bits per heavy atom. The zero-order valence-electron chi connectivity index (χ0n) is 15.6. The molecular weight excluding hydrogens is 348 g/mol. The van der Waals surface area contributed by atoms with E-state index in [-0.39, 0.29) is 18.1 Å². The molecule has 0 bridgehead atoms. The van der Waals surface area contributed by atoms with Crippen LogP contribution in [-0.4, -0.2) is 55.3 Å². The fourth-order valence-electron chi connectivity index (χ4n) is 3.35. The van der Waals surface area contributed by atoms with Gasteiger partial charge in [0.25, 0.3) is 0 Å². The largest absolute Gasteiger partial charge is 0.508 e. The molecule has 2 heterocycles. The molecule has 2 N–H and O–H groups in total. The topological polar surface area (TPSA) is 92.0 Å². The van der Waals surface area contributed by atoms with Gasteiger partial charge >= 0.3 is 5.63 Å². The van der Waals surface area contributed by atoms with Crippen molar-refractivity contribution in [3.05, 3.63) is 39.7 Å². The van der Waals surface area contributed by atoms with Crippen LogP contribution in [0.15, 0.2) is 27.4 Å². The molecular formula is C20H26N2O5. The molecule has 3 rings (SSSR count). The number of aryl methyl sites for hydroxylation is 1. The molecule has 0 atom stereocenters. The van der Waals surface area contributed by atoms with Crippen molar-refractivity contribution in [3.8, 4) is 5.75 Å². The lowest BCUT2D eigenvalue weighted by atomic mass is 10.0. The lowest BCUT2D eigenvalue weighted by Gasteiger charge is -2.26. The number of fused-ring (bicyclic) bond motifs is 1. The number of hydrogen-bond acceptors (Lipinski definition) is 6. The number of phenolic OH excluding ortho intramolecular Hbond substituents is 1. The minimum Gasteiger partial charge on any atom is -0.508 e. The number of rotatable bonds is 7. The Morgan fingerprint density at radius 1 is 1.30 bits per heavy atom. The van der Waals surface area contributed by atoms with Gasteiger partial charge in [0.2, 0.25) is 5.91 Å². The zero-order chi connectivity index (χ0) is 19.2. The highest BCUT2D eigenvalue weighted by atomic mass is 16.5. The van der Waals surface area contributed by atoms with Crippen LogP contribution in [0.3, 0.4) is 0 Å². The number of carbonyl (C=O) groups excluding carboxylic acids is 1. The molecule has 2 aromatic rings. The summed E-state index contributed by atoms with van der Waals surface area (Å²) in [5.74, 6) is -0.0177. The summed E-state index contributed by atoms with van der Waals surface area (Å²) >= 11 is 0. The molecule has 1 saturated heterocycles. The van der Waals surface area contributed by atoms with E-state index in [4.69, 9.17) is 9.15 Å². The molecule has 146 valence electrons. The first-order chi connectivity index (χ1) is 13.0. The number of hydrogen-bond donors (Lipinski definition) is 2. The first kappa shape index (κ1) is 19.4. The Balaban J connectivity index is 1.49. The van der Waals surface area contributed by atoms with Crippen molar-refractivity contribution < 1.29 is 19.1 Å². The van der Waals surface area contributed by atoms with Crippen LogP contribution in [0.2, 0.25) is 0 Å². The predicted octanol–water partition coefficient (Wildman–Crippen LogP) is 1.58. The van der Waals surface area contributed by atoms with Crippen molar-refractivity contribution in [3.63, 3.8) is 0 Å². The molecule has 0 aliphatic carbocycles. The molecule has 0 unspecified atom stereocenters. The van der Waals surface area contributed by atoms with Gasteiger partial charge in [0, 0.05) is 43.1 Å². The highest BCUT2D eigenvalue weighted by Crippen LogP contribution is 2.23. The summed E-state index contributed by atoms with van der Waals surface area (Å²) in [6.07, 6.45) is 1.47. The highest BCUT2D eigenvalue weighted by Gasteiger charge is 2.14. The third kappa shape index (κ3) is 5.08. The van der Waals surface area contributed by atoms with Crippen LogP contribution in [0.5, 0.6) is 5.75 Å². The van der Waals surface area contributed by atoms with Crippen molar-refractivity contribution in [2.45, 2.75) is 26.2 Å². The molecule has 7 heteroatoms. The summed E-state index contributed by atoms with van der Waals surface area (Å²) in [7, 11) is 0. The number of carbonyl (C=O) groups is 1. The fraction of sp³-hybridized carbons (Fsp3) is 0.500. The summed E-state index contributed by atoms with van der Waals surface area (Å²) in [6, 6.07) is 4.70. The van der Waals surface area contributed by atoms with Gasteiger partial charge in [-0.1, -0.05) is 0 Å². The van der Waals surface area contributed by atoms with Crippen molar-refractivity contribution in [1.29, 1.82) is 0 Å². The van der Waals surface area contributed by atoms with Crippen LogP contribution in [0.25, 0.3) is 11.0 Å². The van der Waals surface area contributed by atoms with E-state index >= 15 is 0 Å². The van der Waals surface area contributed by atoms with Crippen LogP contribution in [-0.2, 0) is 16.0 Å². The Bertz CT molecular complexity index is 855. The average molecular weight is 374 g/mol. The van der Waals surface area contributed by atoms with Gasteiger partial charge in [-0.2, -0.15) is 0 Å². The molecule has 1 aliphatic heterocycles. The summed E-state index contributed by atoms with van der Waals surface area (Å²) in [6.45, 7) is 6.86. The number of aromatic hydroxyl groups is 1. The van der Waals surface area contributed by atoms with Crippen molar-refractivity contribution in [2.24, 2.45) is 0 Å². The van der Waals surface area contributed by atoms with Gasteiger partial charge in [-0.15, -0.1) is 0 Å². The minimum absolute atomic E-state index is 0.0502. The van der Waals surface area contributed by atoms with Crippen molar-refractivity contribution >= 4 is 16.9 Å². The number of amides is 1.